The van der Waals surface area contributed by atoms with Gasteiger partial charge < -0.3 is 10.1 Å². The van der Waals surface area contributed by atoms with Gasteiger partial charge in [0.2, 0.25) is 5.82 Å². The number of ether oxygens (including phenoxy) is 1. The lowest BCUT2D eigenvalue weighted by Gasteiger charge is -2.15. The van der Waals surface area contributed by atoms with E-state index in [4.69, 9.17) is 4.74 Å². The van der Waals surface area contributed by atoms with Gasteiger partial charge in [0.25, 0.3) is 5.56 Å². The van der Waals surface area contributed by atoms with Crippen LogP contribution in [0, 0.1) is 0 Å². The quantitative estimate of drug-likeness (QED) is 0.895. The van der Waals surface area contributed by atoms with Gasteiger partial charge in [-0.2, -0.15) is 0 Å². The van der Waals surface area contributed by atoms with Gasteiger partial charge in [0, 0.05) is 14.1 Å². The van der Waals surface area contributed by atoms with Crippen molar-refractivity contribution in [3.05, 3.63) is 50.7 Å². The number of nitrogens with zero attached hydrogens (tertiary/aromatic N) is 3. The zero-order valence-electron chi connectivity index (χ0n) is 12.5. The largest absolute Gasteiger partial charge is 0.497 e. The van der Waals surface area contributed by atoms with Crippen molar-refractivity contribution >= 4 is 5.82 Å². The highest BCUT2D eigenvalue weighted by Gasteiger charge is 2.12. The second-order valence-electron chi connectivity index (χ2n) is 4.76. The lowest BCUT2D eigenvalue weighted by atomic mass is 10.1. The molecule has 1 aromatic carbocycles. The summed E-state index contributed by atoms with van der Waals surface area (Å²) in [5, 5.41) is 7.00. The van der Waals surface area contributed by atoms with Gasteiger partial charge in [-0.1, -0.05) is 12.1 Å². The summed E-state index contributed by atoms with van der Waals surface area (Å²) < 4.78 is 7.26. The van der Waals surface area contributed by atoms with Crippen LogP contribution in [0.2, 0.25) is 0 Å². The number of aromatic nitrogens is 3. The minimum absolute atomic E-state index is 0.131. The molecule has 2 aromatic rings. The second-order valence-corrected chi connectivity index (χ2v) is 4.76. The molecular formula is C14H18N4O3. The van der Waals surface area contributed by atoms with Gasteiger partial charge in [-0.15, -0.1) is 5.10 Å². The first-order chi connectivity index (χ1) is 9.93. The van der Waals surface area contributed by atoms with Gasteiger partial charge in [-0.25, -0.2) is 9.48 Å². The zero-order chi connectivity index (χ0) is 15.6. The van der Waals surface area contributed by atoms with E-state index < -0.39 is 11.2 Å². The molecular weight excluding hydrogens is 272 g/mol. The number of benzene rings is 1. The fourth-order valence-corrected chi connectivity index (χ4v) is 1.97. The van der Waals surface area contributed by atoms with Crippen LogP contribution in [0.3, 0.4) is 0 Å². The average molecular weight is 290 g/mol. The van der Waals surface area contributed by atoms with Crippen LogP contribution in [-0.4, -0.2) is 21.5 Å². The first-order valence-electron chi connectivity index (χ1n) is 6.49. The van der Waals surface area contributed by atoms with Crippen LogP contribution in [0.25, 0.3) is 0 Å². The molecule has 0 spiro atoms. The van der Waals surface area contributed by atoms with E-state index in [9.17, 15) is 9.59 Å². The summed E-state index contributed by atoms with van der Waals surface area (Å²) in [7, 11) is 4.54. The highest BCUT2D eigenvalue weighted by Crippen LogP contribution is 2.19. The van der Waals surface area contributed by atoms with E-state index in [2.05, 4.69) is 10.4 Å². The smallest absolute Gasteiger partial charge is 0.346 e. The summed E-state index contributed by atoms with van der Waals surface area (Å²) in [4.78, 5) is 23.6. The molecule has 0 fully saturated rings. The van der Waals surface area contributed by atoms with Crippen molar-refractivity contribution in [2.75, 3.05) is 12.4 Å². The number of rotatable bonds is 4. The molecule has 112 valence electrons. The standard InChI is InChI=1S/C14H18N4O3/c1-9(10-5-7-11(21-4)8-6-10)15-12-13(19)17(2)14(20)18(3)16-12/h5-9H,1-4H3,(H,15,16). The molecule has 1 atom stereocenters. The molecule has 0 amide bonds. The van der Waals surface area contributed by atoms with Crippen molar-refractivity contribution in [2.45, 2.75) is 13.0 Å². The van der Waals surface area contributed by atoms with Crippen molar-refractivity contribution in [1.29, 1.82) is 0 Å². The monoisotopic (exact) mass is 290 g/mol. The van der Waals surface area contributed by atoms with Crippen molar-refractivity contribution in [1.82, 2.24) is 14.3 Å². The van der Waals surface area contributed by atoms with Gasteiger partial charge in [-0.05, 0) is 24.6 Å². The Bertz CT molecular complexity index is 746. The predicted octanol–water partition coefficient (Wildman–Crippen LogP) is 0.661. The number of aryl methyl sites for hydroxylation is 1. The normalized spacial score (nSPS) is 12.0. The Kier molecular flexibility index (Phi) is 4.11. The third kappa shape index (κ3) is 2.96. The Hall–Kier alpha value is -2.57. The fraction of sp³-hybridized carbons (Fsp3) is 0.357. The van der Waals surface area contributed by atoms with E-state index in [-0.39, 0.29) is 11.9 Å². The molecule has 0 saturated carbocycles. The maximum atomic E-state index is 12.0. The molecule has 0 saturated heterocycles. The van der Waals surface area contributed by atoms with Crippen LogP contribution in [-0.2, 0) is 14.1 Å². The molecule has 0 aliphatic rings. The Morgan fingerprint density at radius 3 is 2.38 bits per heavy atom. The highest BCUT2D eigenvalue weighted by molar-refractivity contribution is 5.37. The first kappa shape index (κ1) is 14.8. The summed E-state index contributed by atoms with van der Waals surface area (Å²) in [6, 6.07) is 7.37. The third-order valence-corrected chi connectivity index (χ3v) is 3.29. The molecule has 1 unspecified atom stereocenters. The van der Waals surface area contributed by atoms with Crippen LogP contribution in [0.4, 0.5) is 5.82 Å². The maximum absolute atomic E-state index is 12.0. The Morgan fingerprint density at radius 2 is 1.81 bits per heavy atom. The second kappa shape index (κ2) is 5.82. The molecule has 7 nitrogen and oxygen atoms in total. The molecule has 0 aliphatic heterocycles. The van der Waals surface area contributed by atoms with Crippen molar-refractivity contribution in [2.24, 2.45) is 14.1 Å². The first-order valence-corrected chi connectivity index (χ1v) is 6.49. The molecule has 1 heterocycles. The summed E-state index contributed by atoms with van der Waals surface area (Å²) in [6.07, 6.45) is 0. The van der Waals surface area contributed by atoms with E-state index in [1.165, 1.54) is 14.1 Å². The van der Waals surface area contributed by atoms with Gasteiger partial charge >= 0.3 is 5.69 Å². The summed E-state index contributed by atoms with van der Waals surface area (Å²) in [6.45, 7) is 1.91. The zero-order valence-corrected chi connectivity index (χ0v) is 12.5. The van der Waals surface area contributed by atoms with Crippen LogP contribution >= 0.6 is 0 Å². The van der Waals surface area contributed by atoms with E-state index in [1.807, 2.05) is 31.2 Å². The summed E-state index contributed by atoms with van der Waals surface area (Å²) >= 11 is 0. The number of nitrogens with one attached hydrogen (secondary N) is 1. The Morgan fingerprint density at radius 1 is 1.19 bits per heavy atom. The number of methoxy groups -OCH3 is 1. The molecule has 0 aliphatic carbocycles. The summed E-state index contributed by atoms with van der Waals surface area (Å²) in [5.74, 6) is 0.907. The van der Waals surface area contributed by atoms with Crippen LogP contribution < -0.4 is 21.3 Å². The Labute approximate surface area is 121 Å². The maximum Gasteiger partial charge on any atom is 0.346 e. The van der Waals surface area contributed by atoms with Crippen LogP contribution in [0.5, 0.6) is 5.75 Å². The lowest BCUT2D eigenvalue weighted by molar-refractivity contribution is 0.414. The molecule has 2 rings (SSSR count). The van der Waals surface area contributed by atoms with Gasteiger partial charge in [0.15, 0.2) is 0 Å². The van der Waals surface area contributed by atoms with Crippen LogP contribution in [0.1, 0.15) is 18.5 Å². The van der Waals surface area contributed by atoms with Crippen LogP contribution in [0.15, 0.2) is 33.9 Å². The SMILES string of the molecule is COc1ccc(C(C)Nc2nn(C)c(=O)n(C)c2=O)cc1. The van der Waals surface area contributed by atoms with Crippen molar-refractivity contribution in [3.8, 4) is 5.75 Å². The molecule has 0 bridgehead atoms. The molecule has 0 radical (unpaired) electrons. The van der Waals surface area contributed by atoms with E-state index in [0.717, 1.165) is 20.6 Å². The number of anilines is 1. The fourth-order valence-electron chi connectivity index (χ4n) is 1.97. The summed E-state index contributed by atoms with van der Waals surface area (Å²) in [5.41, 5.74) is 0.0784. The van der Waals surface area contributed by atoms with E-state index in [1.54, 1.807) is 7.11 Å². The highest BCUT2D eigenvalue weighted by atomic mass is 16.5. The lowest BCUT2D eigenvalue weighted by Crippen LogP contribution is -2.40. The average Bonchev–Trinajstić information content (AvgIpc) is 2.50. The molecule has 21 heavy (non-hydrogen) atoms. The molecule has 1 N–H and O–H groups in total. The topological polar surface area (TPSA) is 78.2 Å². The third-order valence-electron chi connectivity index (χ3n) is 3.29. The minimum Gasteiger partial charge on any atom is -0.497 e. The minimum atomic E-state index is -0.456. The molecule has 1 aromatic heterocycles. The molecule has 7 heteroatoms. The number of hydrogen-bond donors (Lipinski definition) is 1. The predicted molar refractivity (Wildman–Crippen MR) is 79.8 cm³/mol. The van der Waals surface area contributed by atoms with Gasteiger partial charge in [0.05, 0.1) is 13.2 Å². The van der Waals surface area contributed by atoms with Gasteiger partial charge in [-0.3, -0.25) is 9.36 Å². The Balaban J connectivity index is 2.29. The number of hydrogen-bond acceptors (Lipinski definition) is 5. The van der Waals surface area contributed by atoms with Gasteiger partial charge in [0.1, 0.15) is 5.75 Å². The van der Waals surface area contributed by atoms with E-state index >= 15 is 0 Å². The van der Waals surface area contributed by atoms with Crippen molar-refractivity contribution in [3.63, 3.8) is 0 Å². The van der Waals surface area contributed by atoms with Crippen molar-refractivity contribution < 1.29 is 4.74 Å². The van der Waals surface area contributed by atoms with E-state index in [0.29, 0.717) is 0 Å².